The summed E-state index contributed by atoms with van der Waals surface area (Å²) in [5.41, 5.74) is 8.53. The number of pyridine rings is 4. The van der Waals surface area contributed by atoms with Crippen LogP contribution >= 0.6 is 0 Å². The Morgan fingerprint density at radius 3 is 2.61 bits per heavy atom. The molecule has 0 fully saturated rings. The number of amides is 1. The van der Waals surface area contributed by atoms with E-state index in [2.05, 4.69) is 25.3 Å². The lowest BCUT2D eigenvalue weighted by atomic mass is 10.2. The fourth-order valence-corrected chi connectivity index (χ4v) is 3.50. The van der Waals surface area contributed by atoms with Crippen LogP contribution in [0.2, 0.25) is 0 Å². The third-order valence-electron chi connectivity index (χ3n) is 4.50. The van der Waals surface area contributed by atoms with E-state index in [1.54, 1.807) is 18.3 Å². The SMILES string of the molecule is CS(=O)(=O)c1cncc(C(=O)NCc2cc3nc(-c4cccc(N)n4)ccc3cn2)c1. The molecule has 0 spiro atoms. The van der Waals surface area contributed by atoms with Crippen LogP contribution in [0.5, 0.6) is 0 Å². The maximum absolute atomic E-state index is 12.4. The van der Waals surface area contributed by atoms with Gasteiger partial charge in [0.15, 0.2) is 9.84 Å². The minimum atomic E-state index is -3.46. The van der Waals surface area contributed by atoms with Crippen molar-refractivity contribution in [2.45, 2.75) is 11.4 Å². The number of carbonyl (C=O) groups is 1. The summed E-state index contributed by atoms with van der Waals surface area (Å²) >= 11 is 0. The lowest BCUT2D eigenvalue weighted by molar-refractivity contribution is 0.0950. The molecule has 0 unspecified atom stereocenters. The normalized spacial score (nSPS) is 11.4. The number of nitrogens with two attached hydrogens (primary N) is 1. The molecule has 1 amide bonds. The molecule has 4 heterocycles. The third kappa shape index (κ3) is 4.64. The summed E-state index contributed by atoms with van der Waals surface area (Å²) < 4.78 is 23.3. The molecule has 0 aromatic carbocycles. The summed E-state index contributed by atoms with van der Waals surface area (Å²) in [4.78, 5) is 29.5. The molecular weight excluding hydrogens is 416 g/mol. The molecule has 31 heavy (non-hydrogen) atoms. The van der Waals surface area contributed by atoms with Gasteiger partial charge < -0.3 is 11.1 Å². The van der Waals surface area contributed by atoms with Crippen molar-refractivity contribution in [3.63, 3.8) is 0 Å². The van der Waals surface area contributed by atoms with Gasteiger partial charge in [-0.2, -0.15) is 0 Å². The van der Waals surface area contributed by atoms with E-state index in [4.69, 9.17) is 5.73 Å². The zero-order valence-electron chi connectivity index (χ0n) is 16.5. The van der Waals surface area contributed by atoms with Gasteiger partial charge in [-0.3, -0.25) is 14.8 Å². The zero-order chi connectivity index (χ0) is 22.0. The Morgan fingerprint density at radius 1 is 1.03 bits per heavy atom. The molecule has 0 atom stereocenters. The van der Waals surface area contributed by atoms with Crippen LogP contribution in [0.1, 0.15) is 16.1 Å². The van der Waals surface area contributed by atoms with Crippen LogP contribution in [0.15, 0.2) is 66.0 Å². The van der Waals surface area contributed by atoms with Gasteiger partial charge >= 0.3 is 0 Å². The van der Waals surface area contributed by atoms with E-state index in [-0.39, 0.29) is 17.0 Å². The van der Waals surface area contributed by atoms with Gasteiger partial charge in [0, 0.05) is 30.2 Å². The second-order valence-electron chi connectivity index (χ2n) is 6.88. The minimum Gasteiger partial charge on any atom is -0.384 e. The number of anilines is 1. The number of aromatic nitrogens is 4. The fraction of sp³-hybridized carbons (Fsp3) is 0.0952. The van der Waals surface area contributed by atoms with E-state index in [1.165, 1.54) is 18.5 Å². The van der Waals surface area contributed by atoms with E-state index in [9.17, 15) is 13.2 Å². The summed E-state index contributed by atoms with van der Waals surface area (Å²) in [5, 5.41) is 3.56. The summed E-state index contributed by atoms with van der Waals surface area (Å²) in [6.07, 6.45) is 5.25. The summed E-state index contributed by atoms with van der Waals surface area (Å²) in [7, 11) is -3.46. The highest BCUT2D eigenvalue weighted by molar-refractivity contribution is 7.90. The van der Waals surface area contributed by atoms with Crippen LogP contribution in [0.3, 0.4) is 0 Å². The fourth-order valence-electron chi connectivity index (χ4n) is 2.91. The van der Waals surface area contributed by atoms with Crippen molar-refractivity contribution in [3.8, 4) is 11.4 Å². The van der Waals surface area contributed by atoms with Crippen molar-refractivity contribution in [2.75, 3.05) is 12.0 Å². The van der Waals surface area contributed by atoms with E-state index in [0.717, 1.165) is 11.6 Å². The van der Waals surface area contributed by atoms with Crippen molar-refractivity contribution in [2.24, 2.45) is 0 Å². The first-order valence-corrected chi connectivity index (χ1v) is 11.1. The summed E-state index contributed by atoms with van der Waals surface area (Å²) in [6, 6.07) is 12.1. The average Bonchev–Trinajstić information content (AvgIpc) is 2.76. The molecule has 4 rings (SSSR count). The predicted molar refractivity (Wildman–Crippen MR) is 116 cm³/mol. The maximum Gasteiger partial charge on any atom is 0.253 e. The third-order valence-corrected chi connectivity index (χ3v) is 5.58. The van der Waals surface area contributed by atoms with E-state index < -0.39 is 15.7 Å². The number of nitrogens with zero attached hydrogens (tertiary/aromatic N) is 4. The quantitative estimate of drug-likeness (QED) is 0.486. The van der Waals surface area contributed by atoms with Crippen molar-refractivity contribution in [1.29, 1.82) is 0 Å². The van der Waals surface area contributed by atoms with E-state index in [1.807, 2.05) is 24.3 Å². The molecule has 9 nitrogen and oxygen atoms in total. The number of fused-ring (bicyclic) bond motifs is 1. The first-order chi connectivity index (χ1) is 14.8. The average molecular weight is 434 g/mol. The highest BCUT2D eigenvalue weighted by atomic mass is 32.2. The van der Waals surface area contributed by atoms with Crippen molar-refractivity contribution in [3.05, 3.63) is 72.3 Å². The molecule has 0 aliphatic heterocycles. The Labute approximate surface area is 178 Å². The molecule has 3 N–H and O–H groups in total. The highest BCUT2D eigenvalue weighted by Crippen LogP contribution is 2.20. The van der Waals surface area contributed by atoms with Crippen LogP contribution in [0.4, 0.5) is 5.82 Å². The lowest BCUT2D eigenvalue weighted by Gasteiger charge is -2.07. The number of carbonyl (C=O) groups excluding carboxylic acids is 1. The van der Waals surface area contributed by atoms with Gasteiger partial charge in [-0.25, -0.2) is 18.4 Å². The van der Waals surface area contributed by atoms with Crippen LogP contribution in [0, 0.1) is 0 Å². The molecule has 0 aliphatic carbocycles. The van der Waals surface area contributed by atoms with Crippen molar-refractivity contribution < 1.29 is 13.2 Å². The van der Waals surface area contributed by atoms with Gasteiger partial charge in [0.05, 0.1) is 39.6 Å². The highest BCUT2D eigenvalue weighted by Gasteiger charge is 2.13. The van der Waals surface area contributed by atoms with Crippen LogP contribution < -0.4 is 11.1 Å². The van der Waals surface area contributed by atoms with Gasteiger partial charge in [0.1, 0.15) is 5.82 Å². The maximum atomic E-state index is 12.4. The number of rotatable bonds is 5. The topological polar surface area (TPSA) is 141 Å². The number of hydrogen-bond acceptors (Lipinski definition) is 8. The molecule has 4 aromatic rings. The largest absolute Gasteiger partial charge is 0.384 e. The molecule has 10 heteroatoms. The van der Waals surface area contributed by atoms with Gasteiger partial charge in [-0.1, -0.05) is 6.07 Å². The molecule has 0 aliphatic rings. The second-order valence-corrected chi connectivity index (χ2v) is 8.89. The smallest absolute Gasteiger partial charge is 0.253 e. The first-order valence-electron chi connectivity index (χ1n) is 9.21. The second kappa shape index (κ2) is 8.07. The van der Waals surface area contributed by atoms with Crippen molar-refractivity contribution >= 4 is 32.5 Å². The summed E-state index contributed by atoms with van der Waals surface area (Å²) in [5.74, 6) is -0.0440. The monoisotopic (exact) mass is 434 g/mol. The number of hydrogen-bond donors (Lipinski definition) is 2. The molecule has 0 saturated heterocycles. The molecule has 4 aromatic heterocycles. The van der Waals surface area contributed by atoms with Gasteiger partial charge in [0.2, 0.25) is 0 Å². The zero-order valence-corrected chi connectivity index (χ0v) is 17.3. The Hall–Kier alpha value is -3.92. The Kier molecular flexibility index (Phi) is 5.30. The van der Waals surface area contributed by atoms with Gasteiger partial charge in [-0.05, 0) is 36.4 Å². The summed E-state index contributed by atoms with van der Waals surface area (Å²) in [6.45, 7) is 0.139. The Balaban J connectivity index is 1.54. The lowest BCUT2D eigenvalue weighted by Crippen LogP contribution is -2.23. The minimum absolute atomic E-state index is 0.0177. The van der Waals surface area contributed by atoms with Crippen LogP contribution in [-0.2, 0) is 16.4 Å². The number of nitrogens with one attached hydrogen (secondary N) is 1. The van der Waals surface area contributed by atoms with Crippen LogP contribution in [-0.4, -0.2) is 40.5 Å². The Morgan fingerprint density at radius 2 is 1.84 bits per heavy atom. The van der Waals surface area contributed by atoms with Gasteiger partial charge in [0.25, 0.3) is 5.91 Å². The molecular formula is C21H18N6O3S. The van der Waals surface area contributed by atoms with Crippen molar-refractivity contribution in [1.82, 2.24) is 25.3 Å². The standard InChI is InChI=1S/C21H18N6O3S/c1-31(29,30)16-7-14(9-23-12-16)21(28)25-11-15-8-19-13(10-24-15)5-6-18(26-19)17-3-2-4-20(22)27-17/h2-10,12H,11H2,1H3,(H2,22,27)(H,25,28). The Bertz CT molecular complexity index is 1410. The first kappa shape index (κ1) is 20.4. The van der Waals surface area contributed by atoms with E-state index in [0.29, 0.717) is 28.4 Å². The predicted octanol–water partition coefficient (Wildman–Crippen LogP) is 2.00. The van der Waals surface area contributed by atoms with Gasteiger partial charge in [-0.15, -0.1) is 0 Å². The molecule has 156 valence electrons. The molecule has 0 bridgehead atoms. The molecule has 0 radical (unpaired) electrons. The van der Waals surface area contributed by atoms with Crippen LogP contribution in [0.25, 0.3) is 22.3 Å². The molecule has 0 saturated carbocycles. The number of sulfone groups is 1. The number of nitrogen functional groups attached to an aromatic ring is 1. The van der Waals surface area contributed by atoms with E-state index >= 15 is 0 Å².